The molecular formula is C17H14N4OS. The van der Waals surface area contributed by atoms with Crippen molar-refractivity contribution in [2.24, 2.45) is 0 Å². The highest BCUT2D eigenvalue weighted by atomic mass is 32.2. The number of H-pyrrole nitrogens is 2. The molecule has 0 saturated carbocycles. The Hall–Kier alpha value is -2.60. The van der Waals surface area contributed by atoms with Gasteiger partial charge in [-0.25, -0.2) is 9.97 Å². The molecule has 0 radical (unpaired) electrons. The van der Waals surface area contributed by atoms with Gasteiger partial charge in [-0.05, 0) is 24.3 Å². The Labute approximate surface area is 136 Å². The maximum atomic E-state index is 12.0. The Morgan fingerprint density at radius 3 is 2.57 bits per heavy atom. The first-order chi connectivity index (χ1) is 11.3. The number of para-hydroxylation sites is 3. The zero-order valence-corrected chi connectivity index (χ0v) is 13.1. The summed E-state index contributed by atoms with van der Waals surface area (Å²) in [5.74, 6) is 1.50. The second-order valence-electron chi connectivity index (χ2n) is 5.19. The predicted molar refractivity (Wildman–Crippen MR) is 92.9 cm³/mol. The van der Waals surface area contributed by atoms with Crippen molar-refractivity contribution >= 4 is 33.7 Å². The van der Waals surface area contributed by atoms with Gasteiger partial charge >= 0.3 is 0 Å². The summed E-state index contributed by atoms with van der Waals surface area (Å²) in [5, 5.41) is 1.51. The molecule has 5 nitrogen and oxygen atoms in total. The highest BCUT2D eigenvalue weighted by molar-refractivity contribution is 7.99. The van der Waals surface area contributed by atoms with Crippen molar-refractivity contribution in [2.45, 2.75) is 11.6 Å². The maximum absolute atomic E-state index is 12.0. The van der Waals surface area contributed by atoms with Crippen LogP contribution >= 0.6 is 11.8 Å². The highest BCUT2D eigenvalue weighted by Crippen LogP contribution is 2.19. The van der Waals surface area contributed by atoms with Crippen LogP contribution in [0, 0.1) is 0 Å². The van der Waals surface area contributed by atoms with E-state index in [4.69, 9.17) is 0 Å². The fourth-order valence-corrected chi connectivity index (χ4v) is 3.33. The van der Waals surface area contributed by atoms with Gasteiger partial charge in [-0.15, -0.1) is 0 Å². The van der Waals surface area contributed by atoms with Gasteiger partial charge in [-0.2, -0.15) is 0 Å². The molecule has 0 saturated heterocycles. The first-order valence-electron chi connectivity index (χ1n) is 7.35. The van der Waals surface area contributed by atoms with E-state index in [0.717, 1.165) is 27.5 Å². The van der Waals surface area contributed by atoms with E-state index in [1.54, 1.807) is 17.8 Å². The highest BCUT2D eigenvalue weighted by Gasteiger charge is 2.05. The third-order valence-corrected chi connectivity index (χ3v) is 4.48. The van der Waals surface area contributed by atoms with E-state index in [1.807, 2.05) is 42.5 Å². The molecule has 0 bridgehead atoms. The lowest BCUT2D eigenvalue weighted by atomic mass is 10.2. The Balaban J connectivity index is 1.49. The Kier molecular flexibility index (Phi) is 3.59. The Morgan fingerprint density at radius 1 is 0.913 bits per heavy atom. The SMILES string of the molecule is O=c1[nH]c(CCSc2nc3ccccc3[nH]2)nc2ccccc12. The lowest BCUT2D eigenvalue weighted by molar-refractivity contribution is 0.948. The van der Waals surface area contributed by atoms with E-state index in [9.17, 15) is 4.79 Å². The third-order valence-electron chi connectivity index (χ3n) is 3.61. The van der Waals surface area contributed by atoms with Crippen molar-refractivity contribution in [1.29, 1.82) is 0 Å². The molecular weight excluding hydrogens is 308 g/mol. The van der Waals surface area contributed by atoms with Crippen LogP contribution in [0.1, 0.15) is 5.82 Å². The minimum absolute atomic E-state index is 0.0839. The lowest BCUT2D eigenvalue weighted by Gasteiger charge is -2.02. The number of imidazole rings is 1. The standard InChI is InChI=1S/C17H14N4OS/c22-16-11-5-1-2-6-12(11)18-15(21-16)9-10-23-17-19-13-7-3-4-8-14(13)20-17/h1-8H,9-10H2,(H,19,20)(H,18,21,22). The van der Waals surface area contributed by atoms with E-state index in [1.165, 1.54) is 0 Å². The molecule has 0 aliphatic heterocycles. The number of thioether (sulfide) groups is 1. The molecule has 0 aliphatic rings. The summed E-state index contributed by atoms with van der Waals surface area (Å²) in [5.41, 5.74) is 2.65. The number of aromatic amines is 2. The molecule has 0 spiro atoms. The summed E-state index contributed by atoms with van der Waals surface area (Å²) in [6.45, 7) is 0. The third kappa shape index (κ3) is 2.85. The van der Waals surface area contributed by atoms with Gasteiger partial charge < -0.3 is 9.97 Å². The number of aryl methyl sites for hydroxylation is 1. The van der Waals surface area contributed by atoms with Crippen LogP contribution in [-0.4, -0.2) is 25.7 Å². The van der Waals surface area contributed by atoms with Crippen molar-refractivity contribution in [3.05, 3.63) is 64.7 Å². The molecule has 23 heavy (non-hydrogen) atoms. The average Bonchev–Trinajstić information content (AvgIpc) is 2.98. The van der Waals surface area contributed by atoms with Crippen molar-refractivity contribution in [1.82, 2.24) is 19.9 Å². The minimum atomic E-state index is -0.0839. The van der Waals surface area contributed by atoms with Crippen LogP contribution in [-0.2, 0) is 6.42 Å². The number of benzene rings is 2. The van der Waals surface area contributed by atoms with Crippen molar-refractivity contribution in [2.75, 3.05) is 5.75 Å². The summed E-state index contributed by atoms with van der Waals surface area (Å²) in [6.07, 6.45) is 0.682. The molecule has 0 fully saturated rings. The quantitative estimate of drug-likeness (QED) is 0.566. The normalized spacial score (nSPS) is 11.3. The van der Waals surface area contributed by atoms with E-state index in [-0.39, 0.29) is 5.56 Å². The fourth-order valence-electron chi connectivity index (χ4n) is 2.50. The molecule has 2 heterocycles. The van der Waals surface area contributed by atoms with Crippen LogP contribution in [0.15, 0.2) is 58.5 Å². The van der Waals surface area contributed by atoms with Gasteiger partial charge in [0.1, 0.15) is 5.82 Å². The van der Waals surface area contributed by atoms with Gasteiger partial charge in [0.25, 0.3) is 5.56 Å². The van der Waals surface area contributed by atoms with Crippen LogP contribution < -0.4 is 5.56 Å². The molecule has 4 rings (SSSR count). The van der Waals surface area contributed by atoms with Crippen LogP contribution in [0.2, 0.25) is 0 Å². The number of aromatic nitrogens is 4. The second-order valence-corrected chi connectivity index (χ2v) is 6.27. The van der Waals surface area contributed by atoms with Crippen molar-refractivity contribution in [3.8, 4) is 0 Å². The number of fused-ring (bicyclic) bond motifs is 2. The second kappa shape index (κ2) is 5.89. The molecule has 0 atom stereocenters. The molecule has 0 unspecified atom stereocenters. The van der Waals surface area contributed by atoms with Crippen molar-refractivity contribution in [3.63, 3.8) is 0 Å². The maximum Gasteiger partial charge on any atom is 0.258 e. The summed E-state index contributed by atoms with van der Waals surface area (Å²) in [6, 6.07) is 15.3. The van der Waals surface area contributed by atoms with Gasteiger partial charge in [0.15, 0.2) is 5.16 Å². The average molecular weight is 322 g/mol. The van der Waals surface area contributed by atoms with Crippen LogP contribution in [0.3, 0.4) is 0 Å². The summed E-state index contributed by atoms with van der Waals surface area (Å²) < 4.78 is 0. The topological polar surface area (TPSA) is 74.4 Å². The fraction of sp³-hybridized carbons (Fsp3) is 0.118. The largest absolute Gasteiger partial charge is 0.333 e. The van der Waals surface area contributed by atoms with Gasteiger partial charge in [0, 0.05) is 12.2 Å². The summed E-state index contributed by atoms with van der Waals surface area (Å²) in [7, 11) is 0. The first kappa shape index (κ1) is 14.0. The minimum Gasteiger partial charge on any atom is -0.333 e. The zero-order chi connectivity index (χ0) is 15.6. The lowest BCUT2D eigenvalue weighted by Crippen LogP contribution is -2.12. The van der Waals surface area contributed by atoms with E-state index in [2.05, 4.69) is 19.9 Å². The van der Waals surface area contributed by atoms with E-state index >= 15 is 0 Å². The number of nitrogens with one attached hydrogen (secondary N) is 2. The van der Waals surface area contributed by atoms with Gasteiger partial charge in [0.2, 0.25) is 0 Å². The van der Waals surface area contributed by atoms with Crippen LogP contribution in [0.5, 0.6) is 0 Å². The smallest absolute Gasteiger partial charge is 0.258 e. The number of hydrogen-bond acceptors (Lipinski definition) is 4. The molecule has 2 aromatic heterocycles. The van der Waals surface area contributed by atoms with Gasteiger partial charge in [-0.3, -0.25) is 4.79 Å². The van der Waals surface area contributed by atoms with E-state index in [0.29, 0.717) is 17.6 Å². The summed E-state index contributed by atoms with van der Waals surface area (Å²) in [4.78, 5) is 27.2. The molecule has 2 N–H and O–H groups in total. The Bertz CT molecular complexity index is 1000. The monoisotopic (exact) mass is 322 g/mol. The number of nitrogens with zero attached hydrogens (tertiary/aromatic N) is 2. The molecule has 4 aromatic rings. The molecule has 6 heteroatoms. The molecule has 2 aromatic carbocycles. The van der Waals surface area contributed by atoms with E-state index < -0.39 is 0 Å². The predicted octanol–water partition coefficient (Wildman–Crippen LogP) is 3.13. The van der Waals surface area contributed by atoms with Crippen LogP contribution in [0.25, 0.3) is 21.9 Å². The first-order valence-corrected chi connectivity index (χ1v) is 8.34. The molecule has 114 valence electrons. The van der Waals surface area contributed by atoms with Crippen molar-refractivity contribution < 1.29 is 0 Å². The van der Waals surface area contributed by atoms with Gasteiger partial charge in [-0.1, -0.05) is 36.0 Å². The number of hydrogen-bond donors (Lipinski definition) is 2. The van der Waals surface area contributed by atoms with Gasteiger partial charge in [0.05, 0.1) is 21.9 Å². The zero-order valence-electron chi connectivity index (χ0n) is 12.2. The Morgan fingerprint density at radius 2 is 1.70 bits per heavy atom. The number of rotatable bonds is 4. The molecule has 0 aliphatic carbocycles. The molecule has 0 amide bonds. The van der Waals surface area contributed by atoms with Crippen LogP contribution in [0.4, 0.5) is 0 Å². The summed E-state index contributed by atoms with van der Waals surface area (Å²) >= 11 is 1.62.